The maximum Gasteiger partial charge on any atom is 0.128 e. The van der Waals surface area contributed by atoms with E-state index in [4.69, 9.17) is 5.11 Å². The summed E-state index contributed by atoms with van der Waals surface area (Å²) in [5.74, 6) is 5.42. The van der Waals surface area contributed by atoms with Gasteiger partial charge in [-0.3, -0.25) is 0 Å². The predicted octanol–water partition coefficient (Wildman–Crippen LogP) is 2.45. The van der Waals surface area contributed by atoms with Gasteiger partial charge < -0.3 is 5.11 Å². The first-order valence-corrected chi connectivity index (χ1v) is 5.34. The maximum absolute atomic E-state index is 12.9. The molecule has 0 saturated heterocycles. The van der Waals surface area contributed by atoms with E-state index in [1.165, 1.54) is 6.07 Å². The number of aliphatic hydroxyl groups is 1. The van der Waals surface area contributed by atoms with Crippen molar-refractivity contribution in [1.29, 1.82) is 0 Å². The first-order chi connectivity index (χ1) is 6.77. The highest BCUT2D eigenvalue weighted by Crippen LogP contribution is 2.09. The number of hydrogen-bond acceptors (Lipinski definition) is 1. The van der Waals surface area contributed by atoms with Crippen LogP contribution in [-0.4, -0.2) is 10.4 Å². The van der Waals surface area contributed by atoms with Crippen molar-refractivity contribution in [3.63, 3.8) is 0 Å². The van der Waals surface area contributed by atoms with E-state index in [9.17, 15) is 4.39 Å². The van der Waals surface area contributed by atoms with Crippen LogP contribution in [0.5, 0.6) is 0 Å². The number of hydrogen-bond donors (Lipinski definition) is 1. The van der Waals surface area contributed by atoms with Crippen LogP contribution in [0.3, 0.4) is 0 Å². The second kappa shape index (κ2) is 5.79. The van der Waals surface area contributed by atoms with Crippen LogP contribution in [0.4, 0.5) is 4.39 Å². The third-order valence-corrected chi connectivity index (χ3v) is 2.06. The van der Waals surface area contributed by atoms with Crippen molar-refractivity contribution in [2.24, 2.45) is 0 Å². The van der Waals surface area contributed by atoms with Gasteiger partial charge in [0.15, 0.2) is 0 Å². The molecule has 0 atom stereocenters. The molecule has 1 rings (SSSR count). The van der Waals surface area contributed by atoms with Crippen LogP contribution >= 0.6 is 15.9 Å². The Hall–Kier alpha value is -0.850. The van der Waals surface area contributed by atoms with Gasteiger partial charge in [-0.2, -0.15) is 0 Å². The molecule has 3 heteroatoms. The second-order valence-electron chi connectivity index (χ2n) is 2.71. The van der Waals surface area contributed by atoms with Gasteiger partial charge in [0.05, 0.1) is 6.61 Å². The van der Waals surface area contributed by atoms with Crippen molar-refractivity contribution in [3.8, 4) is 11.8 Å². The van der Waals surface area contributed by atoms with Crippen LogP contribution in [0.1, 0.15) is 17.5 Å². The molecular weight excluding hydrogens is 247 g/mol. The molecule has 0 spiro atoms. The third-order valence-electron chi connectivity index (χ3n) is 1.67. The van der Waals surface area contributed by atoms with Crippen LogP contribution in [-0.2, 0) is 6.61 Å². The molecule has 0 saturated carbocycles. The first-order valence-electron chi connectivity index (χ1n) is 4.22. The SMILES string of the molecule is OCc1cc(C#CCCBr)ccc1F. The Labute approximate surface area is 91.1 Å². The lowest BCUT2D eigenvalue weighted by Crippen LogP contribution is -1.90. The zero-order chi connectivity index (χ0) is 10.4. The van der Waals surface area contributed by atoms with Gasteiger partial charge in [0.25, 0.3) is 0 Å². The first kappa shape index (κ1) is 11.2. The molecule has 0 aliphatic carbocycles. The molecule has 1 N–H and O–H groups in total. The molecule has 1 aromatic rings. The molecule has 0 heterocycles. The van der Waals surface area contributed by atoms with Gasteiger partial charge in [0, 0.05) is 22.9 Å². The number of rotatable bonds is 2. The molecule has 74 valence electrons. The monoisotopic (exact) mass is 256 g/mol. The molecule has 0 unspecified atom stereocenters. The third kappa shape index (κ3) is 3.13. The van der Waals surface area contributed by atoms with Gasteiger partial charge in [0.1, 0.15) is 5.82 Å². The smallest absolute Gasteiger partial charge is 0.128 e. The molecule has 0 aliphatic rings. The van der Waals surface area contributed by atoms with Crippen LogP contribution in [0.2, 0.25) is 0 Å². The summed E-state index contributed by atoms with van der Waals surface area (Å²) in [6.07, 6.45) is 0.756. The molecular formula is C11H10BrFO. The zero-order valence-corrected chi connectivity index (χ0v) is 9.14. The summed E-state index contributed by atoms with van der Waals surface area (Å²) in [7, 11) is 0. The van der Waals surface area contributed by atoms with E-state index in [-0.39, 0.29) is 12.2 Å². The van der Waals surface area contributed by atoms with Crippen molar-refractivity contribution in [1.82, 2.24) is 0 Å². The topological polar surface area (TPSA) is 20.2 Å². The van der Waals surface area contributed by atoms with Gasteiger partial charge in [-0.25, -0.2) is 4.39 Å². The Bertz CT molecular complexity index is 365. The Morgan fingerprint density at radius 2 is 2.21 bits per heavy atom. The predicted molar refractivity (Wildman–Crippen MR) is 57.6 cm³/mol. The number of alkyl halides is 1. The fraction of sp³-hybridized carbons (Fsp3) is 0.273. The standard InChI is InChI=1S/C11H10BrFO/c12-6-2-1-3-9-4-5-11(13)10(7-9)8-14/h4-5,7,14H,2,6,8H2. The molecule has 0 fully saturated rings. The summed E-state index contributed by atoms with van der Waals surface area (Å²) in [5.41, 5.74) is 1.02. The normalized spacial score (nSPS) is 9.36. The Kier molecular flexibility index (Phi) is 4.64. The fourth-order valence-electron chi connectivity index (χ4n) is 0.985. The van der Waals surface area contributed by atoms with E-state index in [1.807, 2.05) is 0 Å². The van der Waals surface area contributed by atoms with E-state index in [1.54, 1.807) is 12.1 Å². The average Bonchev–Trinajstić information content (AvgIpc) is 2.21. The Balaban J connectivity index is 2.86. The molecule has 1 nitrogen and oxygen atoms in total. The number of aliphatic hydroxyl groups excluding tert-OH is 1. The van der Waals surface area contributed by atoms with Crippen LogP contribution in [0, 0.1) is 17.7 Å². The van der Waals surface area contributed by atoms with E-state index in [0.717, 1.165) is 17.3 Å². The molecule has 0 bridgehead atoms. The Morgan fingerprint density at radius 3 is 2.86 bits per heavy atom. The number of benzene rings is 1. The van der Waals surface area contributed by atoms with Crippen LogP contribution in [0.25, 0.3) is 0 Å². The summed E-state index contributed by atoms with van der Waals surface area (Å²) >= 11 is 3.26. The lowest BCUT2D eigenvalue weighted by Gasteiger charge is -1.98. The van der Waals surface area contributed by atoms with E-state index in [2.05, 4.69) is 27.8 Å². The van der Waals surface area contributed by atoms with Gasteiger partial charge in [-0.1, -0.05) is 27.8 Å². The van der Waals surface area contributed by atoms with E-state index < -0.39 is 5.82 Å². The van der Waals surface area contributed by atoms with E-state index >= 15 is 0 Å². The van der Waals surface area contributed by atoms with Crippen molar-refractivity contribution < 1.29 is 9.50 Å². The average molecular weight is 257 g/mol. The number of halogens is 2. The molecule has 14 heavy (non-hydrogen) atoms. The van der Waals surface area contributed by atoms with Gasteiger partial charge in [-0.05, 0) is 18.2 Å². The summed E-state index contributed by atoms with van der Waals surface area (Å²) in [4.78, 5) is 0. The second-order valence-corrected chi connectivity index (χ2v) is 3.50. The summed E-state index contributed by atoms with van der Waals surface area (Å²) in [5, 5.41) is 9.65. The molecule has 0 amide bonds. The van der Waals surface area contributed by atoms with Gasteiger partial charge >= 0.3 is 0 Å². The summed E-state index contributed by atoms with van der Waals surface area (Å²) in [6.45, 7) is -0.292. The molecule has 0 aromatic heterocycles. The summed E-state index contributed by atoms with van der Waals surface area (Å²) < 4.78 is 12.9. The minimum absolute atomic E-state index is 0.288. The Morgan fingerprint density at radius 1 is 1.43 bits per heavy atom. The van der Waals surface area contributed by atoms with E-state index in [0.29, 0.717) is 0 Å². The molecule has 0 aliphatic heterocycles. The minimum Gasteiger partial charge on any atom is -0.392 e. The van der Waals surface area contributed by atoms with Crippen molar-refractivity contribution in [2.75, 3.05) is 5.33 Å². The van der Waals surface area contributed by atoms with Gasteiger partial charge in [-0.15, -0.1) is 0 Å². The molecule has 1 aromatic carbocycles. The molecule has 0 radical (unpaired) electrons. The lowest BCUT2D eigenvalue weighted by molar-refractivity contribution is 0.275. The fourth-order valence-corrected chi connectivity index (χ4v) is 1.18. The maximum atomic E-state index is 12.9. The largest absolute Gasteiger partial charge is 0.392 e. The zero-order valence-electron chi connectivity index (χ0n) is 7.56. The lowest BCUT2D eigenvalue weighted by atomic mass is 10.1. The summed E-state index contributed by atoms with van der Waals surface area (Å²) in [6, 6.07) is 4.50. The highest BCUT2D eigenvalue weighted by molar-refractivity contribution is 9.09. The van der Waals surface area contributed by atoms with Crippen molar-refractivity contribution in [2.45, 2.75) is 13.0 Å². The highest BCUT2D eigenvalue weighted by atomic mass is 79.9. The van der Waals surface area contributed by atoms with Crippen molar-refractivity contribution in [3.05, 3.63) is 35.1 Å². The van der Waals surface area contributed by atoms with Crippen molar-refractivity contribution >= 4 is 15.9 Å². The highest BCUT2D eigenvalue weighted by Gasteiger charge is 2.00. The minimum atomic E-state index is -0.390. The van der Waals surface area contributed by atoms with Gasteiger partial charge in [0.2, 0.25) is 0 Å². The van der Waals surface area contributed by atoms with Crippen LogP contribution in [0.15, 0.2) is 18.2 Å². The van der Waals surface area contributed by atoms with Crippen LogP contribution < -0.4 is 0 Å². The quantitative estimate of drug-likeness (QED) is 0.637.